The molecular formula is C22H24N4O3S. The molecule has 1 aromatic heterocycles. The topological polar surface area (TPSA) is 94.5 Å². The number of anilines is 3. The predicted octanol–water partition coefficient (Wildman–Crippen LogP) is 4.28. The number of thiophene rings is 1. The van der Waals surface area contributed by atoms with Gasteiger partial charge in [-0.2, -0.15) is 5.26 Å². The van der Waals surface area contributed by atoms with Gasteiger partial charge in [0.2, 0.25) is 5.91 Å². The minimum Gasteiger partial charge on any atom is -0.447 e. The number of nitrogens with one attached hydrogen (secondary N) is 2. The Morgan fingerprint density at radius 2 is 2.13 bits per heavy atom. The highest BCUT2D eigenvalue weighted by Gasteiger charge is 2.25. The summed E-state index contributed by atoms with van der Waals surface area (Å²) in [7, 11) is 0. The molecule has 2 heterocycles. The molecule has 0 spiro atoms. The first-order valence-corrected chi connectivity index (χ1v) is 11.0. The number of nitrogens with zero attached hydrogens (tertiary/aromatic N) is 2. The van der Waals surface area contributed by atoms with E-state index in [0.717, 1.165) is 42.6 Å². The molecule has 1 aromatic carbocycles. The molecule has 0 bridgehead atoms. The van der Waals surface area contributed by atoms with E-state index in [1.807, 2.05) is 24.3 Å². The number of benzene rings is 1. The van der Waals surface area contributed by atoms with Crippen LogP contribution in [0.1, 0.15) is 42.2 Å². The number of carbonyl (C=O) groups is 2. The van der Waals surface area contributed by atoms with Gasteiger partial charge < -0.3 is 15.4 Å². The standard InChI is InChI=1S/C22H24N4O3S/c1-14(24-15-6-5-7-16(12-15)26-10-11-29-22(26)28)20(27)25-21-18(13-23)17-8-3-2-4-9-19(17)30-21/h5-7,12,14,24H,2-4,8-11H2,1H3,(H,25,27). The number of amides is 2. The Labute approximate surface area is 179 Å². The molecule has 1 fully saturated rings. The van der Waals surface area contributed by atoms with Crippen LogP contribution in [0, 0.1) is 11.3 Å². The van der Waals surface area contributed by atoms with E-state index in [1.165, 1.54) is 22.6 Å². The van der Waals surface area contributed by atoms with E-state index in [9.17, 15) is 14.9 Å². The van der Waals surface area contributed by atoms with Crippen LogP contribution in [-0.4, -0.2) is 31.2 Å². The van der Waals surface area contributed by atoms with Crippen molar-refractivity contribution in [3.8, 4) is 6.07 Å². The number of aryl methyl sites for hydroxylation is 1. The fourth-order valence-electron chi connectivity index (χ4n) is 3.88. The van der Waals surface area contributed by atoms with Crippen LogP contribution in [0.25, 0.3) is 0 Å². The minimum atomic E-state index is -0.515. The van der Waals surface area contributed by atoms with Gasteiger partial charge in [-0.05, 0) is 56.4 Å². The highest BCUT2D eigenvalue weighted by Crippen LogP contribution is 2.37. The smallest absolute Gasteiger partial charge is 0.414 e. The van der Waals surface area contributed by atoms with E-state index < -0.39 is 6.04 Å². The van der Waals surface area contributed by atoms with Gasteiger partial charge in [0, 0.05) is 16.3 Å². The van der Waals surface area contributed by atoms with Crippen molar-refractivity contribution in [2.75, 3.05) is 28.7 Å². The van der Waals surface area contributed by atoms with E-state index in [1.54, 1.807) is 11.8 Å². The van der Waals surface area contributed by atoms with Crippen molar-refractivity contribution < 1.29 is 14.3 Å². The summed E-state index contributed by atoms with van der Waals surface area (Å²) < 4.78 is 4.99. The molecule has 30 heavy (non-hydrogen) atoms. The molecule has 1 atom stereocenters. The predicted molar refractivity (Wildman–Crippen MR) is 117 cm³/mol. The van der Waals surface area contributed by atoms with Crippen molar-refractivity contribution in [3.05, 3.63) is 40.3 Å². The highest BCUT2D eigenvalue weighted by molar-refractivity contribution is 7.16. The maximum atomic E-state index is 12.8. The van der Waals surface area contributed by atoms with Gasteiger partial charge in [0.25, 0.3) is 0 Å². The third kappa shape index (κ3) is 4.12. The van der Waals surface area contributed by atoms with E-state index in [-0.39, 0.29) is 12.0 Å². The fourth-order valence-corrected chi connectivity index (χ4v) is 5.12. The van der Waals surface area contributed by atoms with Crippen LogP contribution in [0.2, 0.25) is 0 Å². The first kappa shape index (κ1) is 20.2. The molecule has 1 aliphatic heterocycles. The van der Waals surface area contributed by atoms with E-state index in [4.69, 9.17) is 4.74 Å². The molecule has 156 valence electrons. The van der Waals surface area contributed by atoms with Crippen LogP contribution in [-0.2, 0) is 22.4 Å². The van der Waals surface area contributed by atoms with Gasteiger partial charge in [0.1, 0.15) is 23.7 Å². The van der Waals surface area contributed by atoms with Crippen molar-refractivity contribution in [2.45, 2.75) is 45.1 Å². The molecule has 7 nitrogen and oxygen atoms in total. The zero-order valence-corrected chi connectivity index (χ0v) is 17.7. The van der Waals surface area contributed by atoms with Gasteiger partial charge in [-0.1, -0.05) is 12.5 Å². The fraction of sp³-hybridized carbons (Fsp3) is 0.409. The molecule has 2 aromatic rings. The molecule has 2 aliphatic rings. The number of rotatable bonds is 5. The number of ether oxygens (including phenoxy) is 1. The van der Waals surface area contributed by atoms with Crippen molar-refractivity contribution in [1.29, 1.82) is 5.26 Å². The maximum absolute atomic E-state index is 12.8. The average Bonchev–Trinajstić information content (AvgIpc) is 3.23. The molecule has 2 amide bonds. The van der Waals surface area contributed by atoms with Crippen molar-refractivity contribution in [3.63, 3.8) is 0 Å². The lowest BCUT2D eigenvalue weighted by atomic mass is 10.1. The number of hydrogen-bond donors (Lipinski definition) is 2. The van der Waals surface area contributed by atoms with Crippen LogP contribution in [0.3, 0.4) is 0 Å². The number of hydrogen-bond acceptors (Lipinski definition) is 6. The SMILES string of the molecule is CC(Nc1cccc(N2CCOC2=O)c1)C(=O)Nc1sc2c(c1C#N)CCCCC2. The second-order valence-electron chi connectivity index (χ2n) is 7.55. The third-order valence-corrected chi connectivity index (χ3v) is 6.67. The Hall–Kier alpha value is -3.05. The van der Waals surface area contributed by atoms with Crippen LogP contribution in [0.5, 0.6) is 0 Å². The van der Waals surface area contributed by atoms with Crippen molar-refractivity contribution in [2.24, 2.45) is 0 Å². The zero-order valence-electron chi connectivity index (χ0n) is 16.9. The lowest BCUT2D eigenvalue weighted by molar-refractivity contribution is -0.116. The molecule has 4 rings (SSSR count). The summed E-state index contributed by atoms with van der Waals surface area (Å²) in [6.45, 7) is 2.66. The van der Waals surface area contributed by atoms with Crippen molar-refractivity contribution >= 4 is 39.7 Å². The van der Waals surface area contributed by atoms with E-state index in [0.29, 0.717) is 23.7 Å². The molecule has 1 saturated heterocycles. The van der Waals surface area contributed by atoms with Gasteiger partial charge in [-0.25, -0.2) is 4.79 Å². The molecule has 8 heteroatoms. The second-order valence-corrected chi connectivity index (χ2v) is 8.66. The lowest BCUT2D eigenvalue weighted by Crippen LogP contribution is -2.32. The van der Waals surface area contributed by atoms with E-state index in [2.05, 4.69) is 16.7 Å². The highest BCUT2D eigenvalue weighted by atomic mass is 32.1. The summed E-state index contributed by atoms with van der Waals surface area (Å²) in [6, 6.07) is 9.12. The van der Waals surface area contributed by atoms with Gasteiger partial charge in [-0.3, -0.25) is 9.69 Å². The lowest BCUT2D eigenvalue weighted by Gasteiger charge is -2.18. The number of fused-ring (bicyclic) bond motifs is 1. The van der Waals surface area contributed by atoms with Gasteiger partial charge in [0.05, 0.1) is 12.1 Å². The zero-order chi connectivity index (χ0) is 21.1. The van der Waals surface area contributed by atoms with Crippen LogP contribution in [0.15, 0.2) is 24.3 Å². The Morgan fingerprint density at radius 1 is 1.30 bits per heavy atom. The maximum Gasteiger partial charge on any atom is 0.414 e. The summed E-state index contributed by atoms with van der Waals surface area (Å²) in [5, 5.41) is 16.4. The van der Waals surface area contributed by atoms with Crippen LogP contribution < -0.4 is 15.5 Å². The summed E-state index contributed by atoms with van der Waals surface area (Å²) in [6.07, 6.45) is 4.92. The number of carbonyl (C=O) groups excluding carboxylic acids is 2. The summed E-state index contributed by atoms with van der Waals surface area (Å²) in [4.78, 5) is 27.4. The number of nitriles is 1. The van der Waals surface area contributed by atoms with Gasteiger partial charge in [0.15, 0.2) is 0 Å². The van der Waals surface area contributed by atoms with Gasteiger partial charge in [-0.15, -0.1) is 11.3 Å². The molecule has 2 N–H and O–H groups in total. The molecule has 1 unspecified atom stereocenters. The average molecular weight is 425 g/mol. The van der Waals surface area contributed by atoms with E-state index >= 15 is 0 Å². The Morgan fingerprint density at radius 3 is 2.90 bits per heavy atom. The Kier molecular flexibility index (Phi) is 5.91. The Bertz CT molecular complexity index is 1010. The summed E-state index contributed by atoms with van der Waals surface area (Å²) >= 11 is 1.53. The largest absolute Gasteiger partial charge is 0.447 e. The monoisotopic (exact) mass is 424 g/mol. The second kappa shape index (κ2) is 8.76. The number of cyclic esters (lactones) is 1. The first-order valence-electron chi connectivity index (χ1n) is 10.2. The van der Waals surface area contributed by atoms with Crippen molar-refractivity contribution in [1.82, 2.24) is 0 Å². The minimum absolute atomic E-state index is 0.200. The quantitative estimate of drug-likeness (QED) is 0.699. The molecule has 1 aliphatic carbocycles. The summed E-state index contributed by atoms with van der Waals surface area (Å²) in [5.41, 5.74) is 3.19. The van der Waals surface area contributed by atoms with Crippen LogP contribution in [0.4, 0.5) is 21.2 Å². The van der Waals surface area contributed by atoms with Gasteiger partial charge >= 0.3 is 6.09 Å². The molecular weight excluding hydrogens is 400 g/mol. The first-order chi connectivity index (χ1) is 14.6. The molecule has 0 saturated carbocycles. The summed E-state index contributed by atoms with van der Waals surface area (Å²) in [5.74, 6) is -0.200. The molecule has 0 radical (unpaired) electrons. The third-order valence-electron chi connectivity index (χ3n) is 5.46. The normalized spacial score (nSPS) is 16.8. The van der Waals surface area contributed by atoms with Crippen LogP contribution >= 0.6 is 11.3 Å². The Balaban J connectivity index is 1.45.